The molecule has 102 valence electrons. The average Bonchev–Trinajstić information content (AvgIpc) is 2.27. The van der Waals surface area contributed by atoms with Crippen molar-refractivity contribution in [1.82, 2.24) is 0 Å². The molecule has 1 aromatic rings. The molecular weight excluding hydrogens is 240 g/mol. The molecule has 1 heteroatoms. The SMILES string of the molecule is CC(C)c1ccc(C(C)(C)CCCl)c(C(C)C)c1. The maximum absolute atomic E-state index is 5.95. The van der Waals surface area contributed by atoms with Gasteiger partial charge in [-0.1, -0.05) is 59.7 Å². The largest absolute Gasteiger partial charge is 0.127 e. The van der Waals surface area contributed by atoms with Gasteiger partial charge in [0.2, 0.25) is 0 Å². The molecule has 0 saturated heterocycles. The van der Waals surface area contributed by atoms with E-state index in [2.05, 4.69) is 59.7 Å². The lowest BCUT2D eigenvalue weighted by Gasteiger charge is -2.29. The third-order valence-corrected chi connectivity index (χ3v) is 4.00. The first-order chi connectivity index (χ1) is 8.29. The minimum atomic E-state index is 0.164. The highest BCUT2D eigenvalue weighted by Gasteiger charge is 2.24. The van der Waals surface area contributed by atoms with Crippen LogP contribution >= 0.6 is 11.6 Å². The van der Waals surface area contributed by atoms with Crippen LogP contribution in [0.5, 0.6) is 0 Å². The first-order valence-corrected chi connectivity index (χ1v) is 7.53. The molecule has 0 heterocycles. The molecule has 0 aliphatic carbocycles. The Balaban J connectivity index is 3.27. The van der Waals surface area contributed by atoms with Gasteiger partial charge in [0.1, 0.15) is 0 Å². The second-order valence-corrected chi connectivity index (χ2v) is 6.86. The van der Waals surface area contributed by atoms with Crippen LogP contribution in [-0.4, -0.2) is 5.88 Å². The van der Waals surface area contributed by atoms with Crippen molar-refractivity contribution >= 4 is 11.6 Å². The molecule has 0 amide bonds. The third-order valence-electron chi connectivity index (χ3n) is 3.81. The Kier molecular flexibility index (Phi) is 5.28. The Labute approximate surface area is 118 Å². The molecule has 0 aromatic heterocycles. The number of rotatable bonds is 5. The zero-order chi connectivity index (χ0) is 13.9. The van der Waals surface area contributed by atoms with Gasteiger partial charge in [-0.15, -0.1) is 11.6 Å². The Bertz CT molecular complexity index is 389. The number of benzene rings is 1. The summed E-state index contributed by atoms with van der Waals surface area (Å²) < 4.78 is 0. The second kappa shape index (κ2) is 6.10. The van der Waals surface area contributed by atoms with Gasteiger partial charge in [0.25, 0.3) is 0 Å². The van der Waals surface area contributed by atoms with E-state index in [1.165, 1.54) is 16.7 Å². The summed E-state index contributed by atoms with van der Waals surface area (Å²) in [6.07, 6.45) is 1.02. The van der Waals surface area contributed by atoms with Gasteiger partial charge < -0.3 is 0 Å². The fourth-order valence-electron chi connectivity index (χ4n) is 2.41. The van der Waals surface area contributed by atoms with Gasteiger partial charge in [-0.05, 0) is 40.4 Å². The molecule has 0 fully saturated rings. The van der Waals surface area contributed by atoms with Crippen molar-refractivity contribution in [3.8, 4) is 0 Å². The second-order valence-electron chi connectivity index (χ2n) is 6.48. The van der Waals surface area contributed by atoms with Crippen LogP contribution in [0.4, 0.5) is 0 Å². The fourth-order valence-corrected chi connectivity index (χ4v) is 2.88. The lowest BCUT2D eigenvalue weighted by molar-refractivity contribution is 0.500. The third kappa shape index (κ3) is 3.51. The molecule has 0 spiro atoms. The zero-order valence-electron chi connectivity index (χ0n) is 12.7. The maximum Gasteiger partial charge on any atom is 0.0231 e. The van der Waals surface area contributed by atoms with Crippen molar-refractivity contribution in [2.24, 2.45) is 0 Å². The molecule has 1 aromatic carbocycles. The van der Waals surface area contributed by atoms with Crippen molar-refractivity contribution in [1.29, 1.82) is 0 Å². The van der Waals surface area contributed by atoms with Gasteiger partial charge in [0.15, 0.2) is 0 Å². The van der Waals surface area contributed by atoms with Crippen LogP contribution in [0.1, 0.15) is 76.5 Å². The number of hydrogen-bond donors (Lipinski definition) is 0. The van der Waals surface area contributed by atoms with E-state index in [-0.39, 0.29) is 5.41 Å². The molecular formula is C17H27Cl. The fraction of sp³-hybridized carbons (Fsp3) is 0.647. The smallest absolute Gasteiger partial charge is 0.0231 e. The van der Waals surface area contributed by atoms with E-state index in [1.807, 2.05) is 0 Å². The van der Waals surface area contributed by atoms with Crippen LogP contribution in [0.25, 0.3) is 0 Å². The van der Waals surface area contributed by atoms with Crippen molar-refractivity contribution in [2.45, 2.75) is 65.2 Å². The molecule has 0 radical (unpaired) electrons. The number of alkyl halides is 1. The van der Waals surface area contributed by atoms with Crippen molar-refractivity contribution in [2.75, 3.05) is 5.88 Å². The molecule has 0 bridgehead atoms. The topological polar surface area (TPSA) is 0 Å². The predicted octanol–water partition coefficient (Wildman–Crippen LogP) is 5.84. The number of hydrogen-bond acceptors (Lipinski definition) is 0. The van der Waals surface area contributed by atoms with Crippen LogP contribution in [0.3, 0.4) is 0 Å². The molecule has 18 heavy (non-hydrogen) atoms. The van der Waals surface area contributed by atoms with Crippen molar-refractivity contribution in [3.63, 3.8) is 0 Å². The summed E-state index contributed by atoms with van der Waals surface area (Å²) >= 11 is 5.95. The summed E-state index contributed by atoms with van der Waals surface area (Å²) in [6, 6.07) is 6.99. The summed E-state index contributed by atoms with van der Waals surface area (Å²) in [5.41, 5.74) is 4.54. The standard InChI is InChI=1S/C17H27Cl/c1-12(2)14-7-8-16(15(11-14)13(3)4)17(5,6)9-10-18/h7-8,11-13H,9-10H2,1-6H3. The summed E-state index contributed by atoms with van der Waals surface area (Å²) in [5, 5.41) is 0. The van der Waals surface area contributed by atoms with Gasteiger partial charge in [-0.25, -0.2) is 0 Å². The van der Waals surface area contributed by atoms with Gasteiger partial charge in [0, 0.05) is 5.88 Å². The molecule has 0 N–H and O–H groups in total. The summed E-state index contributed by atoms with van der Waals surface area (Å²) in [6.45, 7) is 13.7. The predicted molar refractivity (Wildman–Crippen MR) is 83.0 cm³/mol. The lowest BCUT2D eigenvalue weighted by atomic mass is 9.76. The highest BCUT2D eigenvalue weighted by molar-refractivity contribution is 6.17. The molecule has 0 nitrogen and oxygen atoms in total. The average molecular weight is 267 g/mol. The molecule has 0 unspecified atom stereocenters. The molecule has 0 aliphatic heterocycles. The Morgan fingerprint density at radius 3 is 2.11 bits per heavy atom. The summed E-state index contributed by atoms with van der Waals surface area (Å²) in [7, 11) is 0. The monoisotopic (exact) mass is 266 g/mol. The van der Waals surface area contributed by atoms with Gasteiger partial charge in [0.05, 0.1) is 0 Å². The van der Waals surface area contributed by atoms with Crippen LogP contribution in [0.15, 0.2) is 18.2 Å². The zero-order valence-corrected chi connectivity index (χ0v) is 13.4. The van der Waals surface area contributed by atoms with Crippen LogP contribution in [-0.2, 0) is 5.41 Å². The minimum Gasteiger partial charge on any atom is -0.127 e. The molecule has 0 saturated carbocycles. The van der Waals surface area contributed by atoms with Crippen LogP contribution in [0, 0.1) is 0 Å². The van der Waals surface area contributed by atoms with Crippen LogP contribution < -0.4 is 0 Å². The van der Waals surface area contributed by atoms with Gasteiger partial charge >= 0.3 is 0 Å². The highest BCUT2D eigenvalue weighted by atomic mass is 35.5. The van der Waals surface area contributed by atoms with E-state index >= 15 is 0 Å². The van der Waals surface area contributed by atoms with E-state index < -0.39 is 0 Å². The molecule has 1 rings (SSSR count). The minimum absolute atomic E-state index is 0.164. The van der Waals surface area contributed by atoms with Crippen molar-refractivity contribution in [3.05, 3.63) is 34.9 Å². The highest BCUT2D eigenvalue weighted by Crippen LogP contribution is 2.35. The molecule has 0 atom stereocenters. The van der Waals surface area contributed by atoms with Crippen LogP contribution in [0.2, 0.25) is 0 Å². The van der Waals surface area contributed by atoms with E-state index in [9.17, 15) is 0 Å². The lowest BCUT2D eigenvalue weighted by Crippen LogP contribution is -2.20. The van der Waals surface area contributed by atoms with E-state index in [0.717, 1.165) is 12.3 Å². The quantitative estimate of drug-likeness (QED) is 0.587. The van der Waals surface area contributed by atoms with Gasteiger partial charge in [-0.3, -0.25) is 0 Å². The first-order valence-electron chi connectivity index (χ1n) is 7.00. The Morgan fingerprint density at radius 1 is 1.06 bits per heavy atom. The van der Waals surface area contributed by atoms with Crippen molar-refractivity contribution < 1.29 is 0 Å². The molecule has 0 aliphatic rings. The first kappa shape index (κ1) is 15.6. The van der Waals surface area contributed by atoms with E-state index in [4.69, 9.17) is 11.6 Å². The van der Waals surface area contributed by atoms with E-state index in [0.29, 0.717) is 11.8 Å². The van der Waals surface area contributed by atoms with Gasteiger partial charge in [-0.2, -0.15) is 0 Å². The summed E-state index contributed by atoms with van der Waals surface area (Å²) in [5.74, 6) is 1.87. The maximum atomic E-state index is 5.95. The Hall–Kier alpha value is -0.490. The Morgan fingerprint density at radius 2 is 1.67 bits per heavy atom. The number of halogens is 1. The van der Waals surface area contributed by atoms with E-state index in [1.54, 1.807) is 0 Å². The summed E-state index contributed by atoms with van der Waals surface area (Å²) in [4.78, 5) is 0. The normalized spacial score (nSPS) is 12.5.